The number of aromatic nitrogens is 2. The van der Waals surface area contributed by atoms with Crippen molar-refractivity contribution in [3.05, 3.63) is 12.4 Å². The summed E-state index contributed by atoms with van der Waals surface area (Å²) in [6.07, 6.45) is 2.85. The van der Waals surface area contributed by atoms with E-state index >= 15 is 0 Å². The standard InChI is InChI=1S/C6H11N5O2S/c7-5-3-10-6(11-4-5)9-1-2-14(8,12)13/h3-4H,1-2,7H2,(H2,8,12,13)(H,9,10,11). The number of anilines is 2. The first-order chi connectivity index (χ1) is 6.47. The van der Waals surface area contributed by atoms with Crippen LogP contribution in [0.2, 0.25) is 0 Å². The second kappa shape index (κ2) is 4.20. The van der Waals surface area contributed by atoms with Crippen molar-refractivity contribution in [2.75, 3.05) is 23.3 Å². The van der Waals surface area contributed by atoms with Crippen LogP contribution in [-0.4, -0.2) is 30.7 Å². The minimum atomic E-state index is -3.45. The van der Waals surface area contributed by atoms with Gasteiger partial charge < -0.3 is 11.1 Å². The van der Waals surface area contributed by atoms with Crippen molar-refractivity contribution < 1.29 is 8.42 Å². The predicted molar refractivity (Wildman–Crippen MR) is 52.9 cm³/mol. The SMILES string of the molecule is Nc1cnc(NCCS(N)(=O)=O)nc1. The highest BCUT2D eigenvalue weighted by Gasteiger charge is 2.02. The lowest BCUT2D eigenvalue weighted by molar-refractivity contribution is 0.598. The molecule has 0 unspecified atom stereocenters. The van der Waals surface area contributed by atoms with Crippen molar-refractivity contribution in [2.24, 2.45) is 5.14 Å². The van der Waals surface area contributed by atoms with E-state index in [9.17, 15) is 8.42 Å². The van der Waals surface area contributed by atoms with Crippen LogP contribution in [0.25, 0.3) is 0 Å². The van der Waals surface area contributed by atoms with Gasteiger partial charge in [-0.3, -0.25) is 0 Å². The Labute approximate surface area is 81.6 Å². The lowest BCUT2D eigenvalue weighted by atomic mass is 10.6. The molecule has 0 fully saturated rings. The molecule has 0 amide bonds. The third-order valence-electron chi connectivity index (χ3n) is 1.34. The number of nitrogen functional groups attached to an aromatic ring is 1. The highest BCUT2D eigenvalue weighted by atomic mass is 32.2. The van der Waals surface area contributed by atoms with Crippen LogP contribution >= 0.6 is 0 Å². The van der Waals surface area contributed by atoms with Gasteiger partial charge in [0.15, 0.2) is 0 Å². The maximum atomic E-state index is 10.6. The molecule has 78 valence electrons. The van der Waals surface area contributed by atoms with Crippen LogP contribution in [0.5, 0.6) is 0 Å². The molecule has 1 heterocycles. The molecule has 14 heavy (non-hydrogen) atoms. The highest BCUT2D eigenvalue weighted by molar-refractivity contribution is 7.89. The molecule has 1 aromatic rings. The Bertz CT molecular complexity index is 387. The number of primary sulfonamides is 1. The summed E-state index contributed by atoms with van der Waals surface area (Å²) in [5.41, 5.74) is 5.80. The molecule has 0 aromatic carbocycles. The largest absolute Gasteiger partial charge is 0.396 e. The van der Waals surface area contributed by atoms with Crippen LogP contribution in [0.4, 0.5) is 11.6 Å². The summed E-state index contributed by atoms with van der Waals surface area (Å²) in [4.78, 5) is 7.63. The second-order valence-electron chi connectivity index (χ2n) is 2.63. The summed E-state index contributed by atoms with van der Waals surface area (Å²) in [5.74, 6) is 0.156. The number of rotatable bonds is 4. The van der Waals surface area contributed by atoms with Crippen molar-refractivity contribution in [1.82, 2.24) is 9.97 Å². The van der Waals surface area contributed by atoms with Crippen LogP contribution in [0.3, 0.4) is 0 Å². The topological polar surface area (TPSA) is 124 Å². The monoisotopic (exact) mass is 217 g/mol. The molecule has 5 N–H and O–H groups in total. The van der Waals surface area contributed by atoms with Gasteiger partial charge in [0.2, 0.25) is 16.0 Å². The fourth-order valence-corrected chi connectivity index (χ4v) is 1.12. The molecule has 0 aliphatic rings. The van der Waals surface area contributed by atoms with Crippen molar-refractivity contribution in [2.45, 2.75) is 0 Å². The summed E-state index contributed by atoms with van der Waals surface area (Å²) in [6.45, 7) is 0.169. The number of nitrogens with one attached hydrogen (secondary N) is 1. The van der Waals surface area contributed by atoms with Crippen LogP contribution in [-0.2, 0) is 10.0 Å². The fourth-order valence-electron chi connectivity index (χ4n) is 0.734. The van der Waals surface area contributed by atoms with E-state index in [0.717, 1.165) is 0 Å². The lowest BCUT2D eigenvalue weighted by Gasteiger charge is -2.02. The van der Waals surface area contributed by atoms with Crippen LogP contribution in [0, 0.1) is 0 Å². The van der Waals surface area contributed by atoms with Gasteiger partial charge in [-0.25, -0.2) is 23.5 Å². The summed E-state index contributed by atoms with van der Waals surface area (Å²) >= 11 is 0. The Morgan fingerprint density at radius 2 is 1.93 bits per heavy atom. The molecule has 0 radical (unpaired) electrons. The first-order valence-electron chi connectivity index (χ1n) is 3.79. The third-order valence-corrected chi connectivity index (χ3v) is 2.11. The maximum Gasteiger partial charge on any atom is 0.222 e. The molecule has 0 spiro atoms. The summed E-state index contributed by atoms with van der Waals surface area (Å²) in [5, 5.41) is 7.49. The maximum absolute atomic E-state index is 10.6. The summed E-state index contributed by atoms with van der Waals surface area (Å²) in [6, 6.07) is 0. The van der Waals surface area contributed by atoms with E-state index in [4.69, 9.17) is 10.9 Å². The predicted octanol–water partition coefficient (Wildman–Crippen LogP) is -1.24. The van der Waals surface area contributed by atoms with E-state index in [0.29, 0.717) is 11.6 Å². The zero-order valence-corrected chi connectivity index (χ0v) is 8.16. The number of nitrogens with zero attached hydrogens (tertiary/aromatic N) is 2. The fraction of sp³-hybridized carbons (Fsp3) is 0.333. The molecular weight excluding hydrogens is 206 g/mol. The molecule has 0 saturated carbocycles. The van der Waals surface area contributed by atoms with Crippen molar-refractivity contribution in [3.8, 4) is 0 Å². The van der Waals surface area contributed by atoms with Gasteiger partial charge in [-0.05, 0) is 0 Å². The zero-order valence-electron chi connectivity index (χ0n) is 7.34. The first kappa shape index (κ1) is 10.7. The van der Waals surface area contributed by atoms with E-state index in [2.05, 4.69) is 15.3 Å². The minimum absolute atomic E-state index is 0.166. The Morgan fingerprint density at radius 1 is 1.36 bits per heavy atom. The summed E-state index contributed by atoms with van der Waals surface area (Å²) < 4.78 is 21.1. The molecule has 1 aromatic heterocycles. The highest BCUT2D eigenvalue weighted by Crippen LogP contribution is 1.99. The Balaban J connectivity index is 2.43. The molecule has 0 bridgehead atoms. The molecule has 1 rings (SSSR count). The minimum Gasteiger partial charge on any atom is -0.396 e. The van der Waals surface area contributed by atoms with Crippen LogP contribution < -0.4 is 16.2 Å². The van der Waals surface area contributed by atoms with Crippen molar-refractivity contribution in [1.29, 1.82) is 0 Å². The lowest BCUT2D eigenvalue weighted by Crippen LogP contribution is -2.22. The average molecular weight is 217 g/mol. The Morgan fingerprint density at radius 3 is 2.43 bits per heavy atom. The van der Waals surface area contributed by atoms with Gasteiger partial charge in [0.25, 0.3) is 0 Å². The zero-order chi connectivity index (χ0) is 10.6. The van der Waals surface area contributed by atoms with Gasteiger partial charge in [0, 0.05) is 6.54 Å². The molecule has 8 heteroatoms. The van der Waals surface area contributed by atoms with E-state index in [1.54, 1.807) is 0 Å². The van der Waals surface area contributed by atoms with E-state index in [1.807, 2.05) is 0 Å². The van der Waals surface area contributed by atoms with Gasteiger partial charge in [-0.2, -0.15) is 0 Å². The van der Waals surface area contributed by atoms with Crippen molar-refractivity contribution in [3.63, 3.8) is 0 Å². The summed E-state index contributed by atoms with van der Waals surface area (Å²) in [7, 11) is -3.45. The molecule has 0 saturated heterocycles. The Hall–Kier alpha value is -1.41. The van der Waals surface area contributed by atoms with Gasteiger partial charge in [0.05, 0.1) is 23.8 Å². The molecule has 0 atom stereocenters. The molecule has 0 aliphatic carbocycles. The Kier molecular flexibility index (Phi) is 3.20. The quantitative estimate of drug-likeness (QED) is 0.579. The molecular formula is C6H11N5O2S. The third kappa shape index (κ3) is 4.01. The van der Waals surface area contributed by atoms with Crippen molar-refractivity contribution >= 4 is 21.7 Å². The number of hydrogen-bond donors (Lipinski definition) is 3. The van der Waals surface area contributed by atoms with Crippen LogP contribution in [0.15, 0.2) is 12.4 Å². The molecule has 7 nitrogen and oxygen atoms in total. The van der Waals surface area contributed by atoms with Gasteiger partial charge >= 0.3 is 0 Å². The average Bonchev–Trinajstić information content (AvgIpc) is 2.06. The first-order valence-corrected chi connectivity index (χ1v) is 5.51. The van der Waals surface area contributed by atoms with Gasteiger partial charge in [-0.15, -0.1) is 0 Å². The van der Waals surface area contributed by atoms with E-state index in [1.165, 1.54) is 12.4 Å². The van der Waals surface area contributed by atoms with Gasteiger partial charge in [-0.1, -0.05) is 0 Å². The molecule has 0 aliphatic heterocycles. The number of hydrogen-bond acceptors (Lipinski definition) is 6. The number of sulfonamides is 1. The smallest absolute Gasteiger partial charge is 0.222 e. The second-order valence-corrected chi connectivity index (χ2v) is 4.37. The normalized spacial score (nSPS) is 11.2. The van der Waals surface area contributed by atoms with E-state index < -0.39 is 10.0 Å². The van der Waals surface area contributed by atoms with E-state index in [-0.39, 0.29) is 12.3 Å². The number of nitrogens with two attached hydrogens (primary N) is 2. The van der Waals surface area contributed by atoms with Gasteiger partial charge in [0.1, 0.15) is 0 Å². The van der Waals surface area contributed by atoms with Crippen LogP contribution in [0.1, 0.15) is 0 Å².